The van der Waals surface area contributed by atoms with Gasteiger partial charge in [-0.15, -0.1) is 0 Å². The van der Waals surface area contributed by atoms with Crippen LogP contribution in [0.25, 0.3) is 22.1 Å². The standard InChI is InChI=1S/C17H14N4O/c1-9-3-5-11-13(7-9)20-16(18-11)15(22)17-19-12-6-4-10(2)8-14(12)21-17/h3-8H,1-2H3,(H,18,20)(H,19,21). The average Bonchev–Trinajstić information content (AvgIpc) is 3.08. The molecule has 2 N–H and O–H groups in total. The fourth-order valence-electron chi connectivity index (χ4n) is 2.57. The number of hydrogen-bond donors (Lipinski definition) is 2. The summed E-state index contributed by atoms with van der Waals surface area (Å²) in [6.07, 6.45) is 0. The van der Waals surface area contributed by atoms with E-state index < -0.39 is 0 Å². The summed E-state index contributed by atoms with van der Waals surface area (Å²) in [4.78, 5) is 27.4. The van der Waals surface area contributed by atoms with Gasteiger partial charge in [-0.3, -0.25) is 4.79 Å². The largest absolute Gasteiger partial charge is 0.335 e. The molecule has 0 aliphatic rings. The van der Waals surface area contributed by atoms with Crippen molar-refractivity contribution in [3.63, 3.8) is 0 Å². The van der Waals surface area contributed by atoms with Crippen LogP contribution in [0.4, 0.5) is 0 Å². The van der Waals surface area contributed by atoms with Crippen molar-refractivity contribution in [2.45, 2.75) is 13.8 Å². The van der Waals surface area contributed by atoms with Crippen LogP contribution in [0.3, 0.4) is 0 Å². The van der Waals surface area contributed by atoms with E-state index >= 15 is 0 Å². The molecule has 0 aliphatic carbocycles. The van der Waals surface area contributed by atoms with Crippen molar-refractivity contribution < 1.29 is 4.79 Å². The van der Waals surface area contributed by atoms with Crippen molar-refractivity contribution in [3.8, 4) is 0 Å². The third-order valence-electron chi connectivity index (χ3n) is 3.70. The van der Waals surface area contributed by atoms with Gasteiger partial charge in [0.2, 0.25) is 0 Å². The van der Waals surface area contributed by atoms with Gasteiger partial charge in [0.25, 0.3) is 5.78 Å². The lowest BCUT2D eigenvalue weighted by Gasteiger charge is -1.91. The molecule has 0 saturated carbocycles. The Bertz CT molecular complexity index is 944. The third-order valence-corrected chi connectivity index (χ3v) is 3.70. The van der Waals surface area contributed by atoms with Gasteiger partial charge in [0.15, 0.2) is 11.6 Å². The average molecular weight is 290 g/mol. The lowest BCUT2D eigenvalue weighted by atomic mass is 10.2. The normalized spacial score (nSPS) is 11.4. The van der Waals surface area contributed by atoms with Crippen molar-refractivity contribution in [1.82, 2.24) is 19.9 Å². The van der Waals surface area contributed by atoms with Gasteiger partial charge in [-0.05, 0) is 49.2 Å². The minimum absolute atomic E-state index is 0.234. The summed E-state index contributed by atoms with van der Waals surface area (Å²) in [6.45, 7) is 4.01. The zero-order valence-electron chi connectivity index (χ0n) is 12.3. The quantitative estimate of drug-likeness (QED) is 0.556. The number of imidazole rings is 2. The highest BCUT2D eigenvalue weighted by Gasteiger charge is 2.17. The first-order valence-corrected chi connectivity index (χ1v) is 7.07. The Morgan fingerprint density at radius 3 is 1.73 bits per heavy atom. The summed E-state index contributed by atoms with van der Waals surface area (Å²) >= 11 is 0. The predicted molar refractivity (Wildman–Crippen MR) is 85.1 cm³/mol. The third kappa shape index (κ3) is 1.98. The molecule has 0 spiro atoms. The Hall–Kier alpha value is -2.95. The molecular weight excluding hydrogens is 276 g/mol. The van der Waals surface area contributed by atoms with E-state index in [1.165, 1.54) is 0 Å². The number of rotatable bonds is 2. The summed E-state index contributed by atoms with van der Waals surface area (Å²) in [6, 6.07) is 11.7. The minimum atomic E-state index is -0.234. The van der Waals surface area contributed by atoms with Crippen LogP contribution >= 0.6 is 0 Å². The van der Waals surface area contributed by atoms with Crippen LogP contribution in [0.15, 0.2) is 36.4 Å². The maximum Gasteiger partial charge on any atom is 0.263 e. The van der Waals surface area contributed by atoms with E-state index in [0.29, 0.717) is 11.6 Å². The smallest absolute Gasteiger partial charge is 0.263 e. The van der Waals surface area contributed by atoms with Crippen LogP contribution in [-0.4, -0.2) is 25.7 Å². The second-order valence-corrected chi connectivity index (χ2v) is 5.54. The molecule has 0 bridgehead atoms. The van der Waals surface area contributed by atoms with E-state index in [1.54, 1.807) is 0 Å². The molecule has 2 aromatic carbocycles. The Balaban J connectivity index is 1.80. The number of aromatic nitrogens is 4. The molecule has 2 aromatic heterocycles. The second-order valence-electron chi connectivity index (χ2n) is 5.54. The van der Waals surface area contributed by atoms with Gasteiger partial charge < -0.3 is 9.97 Å². The molecule has 0 aliphatic heterocycles. The van der Waals surface area contributed by atoms with Crippen LogP contribution in [0.5, 0.6) is 0 Å². The van der Waals surface area contributed by atoms with Crippen LogP contribution in [0.1, 0.15) is 27.6 Å². The first-order valence-electron chi connectivity index (χ1n) is 7.07. The highest BCUT2D eigenvalue weighted by Crippen LogP contribution is 2.17. The van der Waals surface area contributed by atoms with E-state index in [9.17, 15) is 4.79 Å². The number of ketones is 1. The van der Waals surface area contributed by atoms with E-state index in [-0.39, 0.29) is 5.78 Å². The van der Waals surface area contributed by atoms with Gasteiger partial charge in [0.1, 0.15) is 0 Å². The maximum absolute atomic E-state index is 12.6. The SMILES string of the molecule is Cc1ccc2nc(C(=O)c3nc4ccc(C)cc4[nH]3)[nH]c2c1. The van der Waals surface area contributed by atoms with Crippen LogP contribution in [0.2, 0.25) is 0 Å². The molecule has 4 aromatic rings. The van der Waals surface area contributed by atoms with Crippen molar-refractivity contribution in [2.24, 2.45) is 0 Å². The molecule has 0 amide bonds. The fraction of sp³-hybridized carbons (Fsp3) is 0.118. The van der Waals surface area contributed by atoms with Crippen molar-refractivity contribution >= 4 is 27.9 Å². The number of H-pyrrole nitrogens is 2. The molecule has 0 saturated heterocycles. The molecule has 108 valence electrons. The van der Waals surface area contributed by atoms with E-state index in [4.69, 9.17) is 0 Å². The van der Waals surface area contributed by atoms with Crippen LogP contribution < -0.4 is 0 Å². The number of nitrogens with one attached hydrogen (secondary N) is 2. The summed E-state index contributed by atoms with van der Waals surface area (Å²) in [5.41, 5.74) is 5.51. The highest BCUT2D eigenvalue weighted by atomic mass is 16.1. The molecule has 4 rings (SSSR count). The Labute approximate surface area is 126 Å². The number of nitrogens with zero attached hydrogens (tertiary/aromatic N) is 2. The van der Waals surface area contributed by atoms with Gasteiger partial charge >= 0.3 is 0 Å². The van der Waals surface area contributed by atoms with Gasteiger partial charge in [0.05, 0.1) is 22.1 Å². The fourth-order valence-corrected chi connectivity index (χ4v) is 2.57. The lowest BCUT2D eigenvalue weighted by molar-refractivity contribution is 0.102. The Morgan fingerprint density at radius 2 is 1.27 bits per heavy atom. The summed E-state index contributed by atoms with van der Waals surface area (Å²) in [7, 11) is 0. The summed E-state index contributed by atoms with van der Waals surface area (Å²) in [5, 5.41) is 0. The summed E-state index contributed by atoms with van der Waals surface area (Å²) < 4.78 is 0. The molecule has 0 atom stereocenters. The number of carbonyl (C=O) groups excluding carboxylic acids is 1. The molecule has 0 fully saturated rings. The van der Waals surface area contributed by atoms with Crippen LogP contribution in [0, 0.1) is 13.8 Å². The molecule has 5 nitrogen and oxygen atoms in total. The molecule has 5 heteroatoms. The topological polar surface area (TPSA) is 74.4 Å². The van der Waals surface area contributed by atoms with Crippen molar-refractivity contribution in [1.29, 1.82) is 0 Å². The molecule has 22 heavy (non-hydrogen) atoms. The summed E-state index contributed by atoms with van der Waals surface area (Å²) in [5.74, 6) is 0.371. The first kappa shape index (κ1) is 12.8. The number of carbonyl (C=O) groups is 1. The first-order chi connectivity index (χ1) is 10.6. The van der Waals surface area contributed by atoms with Crippen LogP contribution in [-0.2, 0) is 0 Å². The monoisotopic (exact) mass is 290 g/mol. The van der Waals surface area contributed by atoms with E-state index in [0.717, 1.165) is 33.2 Å². The Kier molecular flexibility index (Phi) is 2.63. The number of aromatic amines is 2. The Morgan fingerprint density at radius 1 is 0.818 bits per heavy atom. The van der Waals surface area contributed by atoms with E-state index in [1.807, 2.05) is 50.2 Å². The molecule has 0 unspecified atom stereocenters. The zero-order valence-corrected chi connectivity index (χ0v) is 12.3. The highest BCUT2D eigenvalue weighted by molar-refractivity contribution is 6.07. The van der Waals surface area contributed by atoms with Gasteiger partial charge in [-0.1, -0.05) is 12.1 Å². The number of fused-ring (bicyclic) bond motifs is 2. The number of hydrogen-bond acceptors (Lipinski definition) is 3. The van der Waals surface area contributed by atoms with Gasteiger partial charge in [-0.2, -0.15) is 0 Å². The molecular formula is C17H14N4O. The van der Waals surface area contributed by atoms with Crippen molar-refractivity contribution in [2.75, 3.05) is 0 Å². The van der Waals surface area contributed by atoms with E-state index in [2.05, 4.69) is 19.9 Å². The lowest BCUT2D eigenvalue weighted by Crippen LogP contribution is -2.05. The molecule has 2 heterocycles. The number of aryl methyl sites for hydroxylation is 2. The predicted octanol–water partition coefficient (Wildman–Crippen LogP) is 3.29. The minimum Gasteiger partial charge on any atom is -0.335 e. The second kappa shape index (κ2) is 4.53. The van der Waals surface area contributed by atoms with Gasteiger partial charge in [-0.25, -0.2) is 9.97 Å². The molecule has 0 radical (unpaired) electrons. The number of benzene rings is 2. The van der Waals surface area contributed by atoms with Gasteiger partial charge in [0, 0.05) is 0 Å². The maximum atomic E-state index is 12.6. The zero-order chi connectivity index (χ0) is 15.3. The van der Waals surface area contributed by atoms with Crippen molar-refractivity contribution in [3.05, 3.63) is 59.2 Å².